The maximum atomic E-state index is 12.0. The van der Waals surface area contributed by atoms with Crippen molar-refractivity contribution in [3.05, 3.63) is 11.6 Å². The number of hydrogen-bond acceptors (Lipinski definition) is 2. The van der Waals surface area contributed by atoms with Crippen LogP contribution in [0, 0.1) is 0 Å². The monoisotopic (exact) mass is 225 g/mol. The molecular formula is C12H19NO3. The number of carboxylic acid groups (broad SMARTS) is 1. The summed E-state index contributed by atoms with van der Waals surface area (Å²) in [5.74, 6) is -0.851. The second-order valence-corrected chi connectivity index (χ2v) is 4.22. The fourth-order valence-corrected chi connectivity index (χ4v) is 2.03. The topological polar surface area (TPSA) is 57.6 Å². The summed E-state index contributed by atoms with van der Waals surface area (Å²) in [5.41, 5.74) is 0.692. The van der Waals surface area contributed by atoms with Crippen molar-refractivity contribution < 1.29 is 14.7 Å². The molecule has 1 aliphatic heterocycles. The van der Waals surface area contributed by atoms with Gasteiger partial charge in [0.05, 0.1) is 6.42 Å². The molecule has 0 aromatic rings. The fourth-order valence-electron chi connectivity index (χ4n) is 2.03. The number of hydrogen-bond donors (Lipinski definition) is 1. The Morgan fingerprint density at radius 1 is 1.44 bits per heavy atom. The Balaban J connectivity index is 2.73. The summed E-state index contributed by atoms with van der Waals surface area (Å²) >= 11 is 0. The first kappa shape index (κ1) is 12.7. The average Bonchev–Trinajstić information content (AvgIpc) is 2.27. The zero-order valence-corrected chi connectivity index (χ0v) is 9.90. The maximum Gasteiger partial charge on any atom is 0.305 e. The van der Waals surface area contributed by atoms with Crippen LogP contribution in [0.4, 0.5) is 0 Å². The van der Waals surface area contributed by atoms with Crippen LogP contribution in [-0.2, 0) is 9.59 Å². The number of piperidine rings is 1. The number of likely N-dealkylation sites (tertiary alicyclic amines) is 1. The Kier molecular flexibility index (Phi) is 4.52. The van der Waals surface area contributed by atoms with Gasteiger partial charge in [0.15, 0.2) is 0 Å². The Morgan fingerprint density at radius 2 is 2.12 bits per heavy atom. The first-order valence-electron chi connectivity index (χ1n) is 5.72. The van der Waals surface area contributed by atoms with E-state index in [1.54, 1.807) is 17.9 Å². The molecule has 1 heterocycles. The van der Waals surface area contributed by atoms with Crippen molar-refractivity contribution in [2.45, 2.75) is 45.6 Å². The summed E-state index contributed by atoms with van der Waals surface area (Å²) in [6, 6.07) is -0.131. The molecule has 4 heteroatoms. The van der Waals surface area contributed by atoms with Gasteiger partial charge in [-0.05, 0) is 33.1 Å². The first-order chi connectivity index (χ1) is 7.56. The lowest BCUT2D eigenvalue weighted by molar-refractivity contribution is -0.140. The minimum atomic E-state index is -0.831. The van der Waals surface area contributed by atoms with E-state index in [4.69, 9.17) is 5.11 Å². The van der Waals surface area contributed by atoms with Gasteiger partial charge in [0.25, 0.3) is 0 Å². The molecule has 90 valence electrons. The van der Waals surface area contributed by atoms with Gasteiger partial charge in [-0.3, -0.25) is 9.59 Å². The van der Waals surface area contributed by atoms with Crippen molar-refractivity contribution in [2.75, 3.05) is 6.54 Å². The molecule has 0 aromatic carbocycles. The molecule has 1 unspecified atom stereocenters. The van der Waals surface area contributed by atoms with E-state index in [1.165, 1.54) is 0 Å². The van der Waals surface area contributed by atoms with Gasteiger partial charge < -0.3 is 10.0 Å². The number of aliphatic carboxylic acids is 1. The van der Waals surface area contributed by atoms with Gasteiger partial charge in [0.2, 0.25) is 5.91 Å². The van der Waals surface area contributed by atoms with Crippen LogP contribution in [0.1, 0.15) is 39.5 Å². The highest BCUT2D eigenvalue weighted by Crippen LogP contribution is 2.21. The van der Waals surface area contributed by atoms with Crippen LogP contribution in [0.2, 0.25) is 0 Å². The van der Waals surface area contributed by atoms with Gasteiger partial charge in [-0.25, -0.2) is 0 Å². The lowest BCUT2D eigenvalue weighted by Gasteiger charge is -2.35. The quantitative estimate of drug-likeness (QED) is 0.745. The molecule has 0 spiro atoms. The number of carbonyl (C=O) groups excluding carboxylic acids is 1. The molecule has 4 nitrogen and oxygen atoms in total. The van der Waals surface area contributed by atoms with E-state index in [1.807, 2.05) is 6.92 Å². The Morgan fingerprint density at radius 3 is 2.69 bits per heavy atom. The Labute approximate surface area is 95.9 Å². The number of allylic oxidation sites excluding steroid dienone is 1. The summed E-state index contributed by atoms with van der Waals surface area (Å²) in [4.78, 5) is 24.4. The highest BCUT2D eigenvalue weighted by atomic mass is 16.4. The van der Waals surface area contributed by atoms with E-state index in [0.29, 0.717) is 12.1 Å². The average molecular weight is 225 g/mol. The van der Waals surface area contributed by atoms with Crippen LogP contribution in [0.3, 0.4) is 0 Å². The van der Waals surface area contributed by atoms with E-state index in [2.05, 4.69) is 0 Å². The van der Waals surface area contributed by atoms with Crippen molar-refractivity contribution >= 4 is 11.9 Å². The summed E-state index contributed by atoms with van der Waals surface area (Å²) in [7, 11) is 0. The van der Waals surface area contributed by atoms with E-state index in [9.17, 15) is 9.59 Å². The van der Waals surface area contributed by atoms with Gasteiger partial charge >= 0.3 is 5.97 Å². The van der Waals surface area contributed by atoms with Crippen LogP contribution in [-0.4, -0.2) is 34.5 Å². The zero-order chi connectivity index (χ0) is 12.1. The van der Waals surface area contributed by atoms with Crippen molar-refractivity contribution in [3.8, 4) is 0 Å². The molecule has 1 aliphatic rings. The molecule has 1 saturated heterocycles. The molecule has 16 heavy (non-hydrogen) atoms. The van der Waals surface area contributed by atoms with Gasteiger partial charge in [-0.1, -0.05) is 6.08 Å². The molecule has 1 rings (SSSR count). The third-order valence-corrected chi connectivity index (χ3v) is 3.07. The van der Waals surface area contributed by atoms with E-state index < -0.39 is 5.97 Å². The van der Waals surface area contributed by atoms with Crippen LogP contribution in [0.25, 0.3) is 0 Å². The molecule has 0 saturated carbocycles. The third kappa shape index (κ3) is 3.08. The maximum absolute atomic E-state index is 12.0. The largest absolute Gasteiger partial charge is 0.481 e. The summed E-state index contributed by atoms with van der Waals surface area (Å²) in [6.45, 7) is 4.28. The second kappa shape index (κ2) is 5.68. The first-order valence-corrected chi connectivity index (χ1v) is 5.72. The molecular weight excluding hydrogens is 206 g/mol. The highest BCUT2D eigenvalue weighted by molar-refractivity contribution is 5.93. The van der Waals surface area contributed by atoms with Gasteiger partial charge in [0, 0.05) is 18.2 Å². The normalized spacial score (nSPS) is 22.0. The number of carbonyl (C=O) groups is 2. The predicted molar refractivity (Wildman–Crippen MR) is 61.0 cm³/mol. The summed E-state index contributed by atoms with van der Waals surface area (Å²) in [5, 5.41) is 8.81. The van der Waals surface area contributed by atoms with Gasteiger partial charge in [-0.2, -0.15) is 0 Å². The minimum absolute atomic E-state index is 0.0200. The predicted octanol–water partition coefficient (Wildman–Crippen LogP) is 1.81. The number of nitrogens with zero attached hydrogens (tertiary/aromatic N) is 1. The molecule has 1 amide bonds. The number of carboxylic acids is 1. The smallest absolute Gasteiger partial charge is 0.305 e. The van der Waals surface area contributed by atoms with Crippen molar-refractivity contribution in [3.63, 3.8) is 0 Å². The van der Waals surface area contributed by atoms with Crippen LogP contribution in [0.15, 0.2) is 11.6 Å². The lowest BCUT2D eigenvalue weighted by Crippen LogP contribution is -2.45. The van der Waals surface area contributed by atoms with Crippen molar-refractivity contribution in [1.29, 1.82) is 0 Å². The van der Waals surface area contributed by atoms with Crippen molar-refractivity contribution in [2.24, 2.45) is 0 Å². The van der Waals surface area contributed by atoms with E-state index in [0.717, 1.165) is 19.3 Å². The highest BCUT2D eigenvalue weighted by Gasteiger charge is 2.28. The fraction of sp³-hybridized carbons (Fsp3) is 0.667. The van der Waals surface area contributed by atoms with E-state index >= 15 is 0 Å². The summed E-state index contributed by atoms with van der Waals surface area (Å²) in [6.07, 6.45) is 4.61. The number of amides is 1. The summed E-state index contributed by atoms with van der Waals surface area (Å²) < 4.78 is 0. The SMILES string of the molecule is C/C=C(/C)C(=O)N1CCCCC1CC(=O)O. The zero-order valence-electron chi connectivity index (χ0n) is 9.90. The Hall–Kier alpha value is -1.32. The van der Waals surface area contributed by atoms with E-state index in [-0.39, 0.29) is 18.4 Å². The van der Waals surface area contributed by atoms with Gasteiger partial charge in [-0.15, -0.1) is 0 Å². The molecule has 1 fully saturated rings. The molecule has 0 aromatic heterocycles. The van der Waals surface area contributed by atoms with Gasteiger partial charge in [0.1, 0.15) is 0 Å². The molecule has 1 atom stereocenters. The molecule has 1 N–H and O–H groups in total. The Bertz CT molecular complexity index is 309. The van der Waals surface area contributed by atoms with Crippen LogP contribution in [0.5, 0.6) is 0 Å². The number of rotatable bonds is 3. The third-order valence-electron chi connectivity index (χ3n) is 3.07. The molecule has 0 bridgehead atoms. The lowest BCUT2D eigenvalue weighted by atomic mass is 9.98. The minimum Gasteiger partial charge on any atom is -0.481 e. The standard InChI is InChI=1S/C12H19NO3/c1-3-9(2)12(16)13-7-5-4-6-10(13)8-11(14)15/h3,10H,4-8H2,1-2H3,(H,14,15)/b9-3-. The second-order valence-electron chi connectivity index (χ2n) is 4.22. The van der Waals surface area contributed by atoms with Crippen LogP contribution < -0.4 is 0 Å². The molecule has 0 radical (unpaired) electrons. The van der Waals surface area contributed by atoms with Crippen molar-refractivity contribution in [1.82, 2.24) is 4.90 Å². The molecule has 0 aliphatic carbocycles. The van der Waals surface area contributed by atoms with Crippen LogP contribution >= 0.6 is 0 Å².